The molecule has 0 radical (unpaired) electrons. The van der Waals surface area contributed by atoms with E-state index in [4.69, 9.17) is 4.74 Å². The van der Waals surface area contributed by atoms with Crippen LogP contribution in [0.15, 0.2) is 24.3 Å². The number of rotatable bonds is 3. The first-order valence-corrected chi connectivity index (χ1v) is 7.47. The van der Waals surface area contributed by atoms with E-state index in [0.29, 0.717) is 24.1 Å². The molecular formula is C16H16N2O6. The van der Waals surface area contributed by atoms with Gasteiger partial charge in [0.15, 0.2) is 6.61 Å². The predicted molar refractivity (Wildman–Crippen MR) is 80.3 cm³/mol. The molecule has 3 amide bonds. The summed E-state index contributed by atoms with van der Waals surface area (Å²) in [5, 5.41) is 0. The van der Waals surface area contributed by atoms with Gasteiger partial charge in [0, 0.05) is 18.7 Å². The van der Waals surface area contributed by atoms with E-state index in [9.17, 15) is 19.2 Å². The molecule has 2 fully saturated rings. The SMILES string of the molecule is COC(=O)c1ccc(C(=O)N2CCC(N3C(=O)COC3=O)C2)cc1. The van der Waals surface area contributed by atoms with Crippen LogP contribution >= 0.6 is 0 Å². The number of methoxy groups -OCH3 is 1. The van der Waals surface area contributed by atoms with E-state index in [-0.39, 0.29) is 31.0 Å². The number of amides is 3. The largest absolute Gasteiger partial charge is 0.465 e. The molecule has 126 valence electrons. The van der Waals surface area contributed by atoms with Gasteiger partial charge in [0.2, 0.25) is 0 Å². The molecule has 1 atom stereocenters. The lowest BCUT2D eigenvalue weighted by Crippen LogP contribution is -2.42. The third kappa shape index (κ3) is 2.82. The Morgan fingerprint density at radius 1 is 1.17 bits per heavy atom. The van der Waals surface area contributed by atoms with E-state index < -0.39 is 12.1 Å². The van der Waals surface area contributed by atoms with Crippen LogP contribution in [0.4, 0.5) is 4.79 Å². The number of benzene rings is 1. The van der Waals surface area contributed by atoms with Crippen molar-refractivity contribution in [3.63, 3.8) is 0 Å². The molecule has 24 heavy (non-hydrogen) atoms. The van der Waals surface area contributed by atoms with Gasteiger partial charge in [-0.15, -0.1) is 0 Å². The first kappa shape index (κ1) is 16.0. The minimum Gasteiger partial charge on any atom is -0.465 e. The van der Waals surface area contributed by atoms with Gasteiger partial charge in [0.05, 0.1) is 18.7 Å². The first-order chi connectivity index (χ1) is 11.5. The fourth-order valence-corrected chi connectivity index (χ4v) is 2.90. The van der Waals surface area contributed by atoms with Crippen molar-refractivity contribution < 1.29 is 28.7 Å². The second-order valence-corrected chi connectivity index (χ2v) is 5.58. The third-order valence-corrected chi connectivity index (χ3v) is 4.15. The van der Waals surface area contributed by atoms with E-state index in [1.165, 1.54) is 19.2 Å². The maximum atomic E-state index is 12.5. The second-order valence-electron chi connectivity index (χ2n) is 5.58. The summed E-state index contributed by atoms with van der Waals surface area (Å²) in [6, 6.07) is 5.79. The highest BCUT2D eigenvalue weighted by molar-refractivity contribution is 5.99. The Kier molecular flexibility index (Phi) is 4.20. The van der Waals surface area contributed by atoms with Crippen molar-refractivity contribution in [2.75, 3.05) is 26.8 Å². The lowest BCUT2D eigenvalue weighted by Gasteiger charge is -2.20. The van der Waals surface area contributed by atoms with Gasteiger partial charge in [0.25, 0.3) is 11.8 Å². The molecule has 2 heterocycles. The average Bonchev–Trinajstić information content (AvgIpc) is 3.20. The summed E-state index contributed by atoms with van der Waals surface area (Å²) < 4.78 is 9.32. The monoisotopic (exact) mass is 332 g/mol. The van der Waals surface area contributed by atoms with E-state index in [2.05, 4.69) is 4.74 Å². The van der Waals surface area contributed by atoms with Gasteiger partial charge < -0.3 is 14.4 Å². The summed E-state index contributed by atoms with van der Waals surface area (Å²) in [5.41, 5.74) is 0.789. The summed E-state index contributed by atoms with van der Waals surface area (Å²) in [5.74, 6) is -1.06. The molecular weight excluding hydrogens is 316 g/mol. The van der Waals surface area contributed by atoms with Gasteiger partial charge in [0.1, 0.15) is 0 Å². The van der Waals surface area contributed by atoms with Gasteiger partial charge >= 0.3 is 12.1 Å². The third-order valence-electron chi connectivity index (χ3n) is 4.15. The zero-order valence-corrected chi connectivity index (χ0v) is 13.1. The number of cyclic esters (lactones) is 1. The Labute approximate surface area is 137 Å². The summed E-state index contributed by atoms with van der Waals surface area (Å²) in [7, 11) is 1.29. The van der Waals surface area contributed by atoms with Gasteiger partial charge in [-0.1, -0.05) is 0 Å². The maximum absolute atomic E-state index is 12.5. The van der Waals surface area contributed by atoms with Crippen LogP contribution in [0.1, 0.15) is 27.1 Å². The molecule has 8 heteroatoms. The second kappa shape index (κ2) is 6.31. The van der Waals surface area contributed by atoms with E-state index in [1.54, 1.807) is 17.0 Å². The van der Waals surface area contributed by atoms with Crippen molar-refractivity contribution in [2.24, 2.45) is 0 Å². The molecule has 0 aliphatic carbocycles. The van der Waals surface area contributed by atoms with Gasteiger partial charge in [-0.3, -0.25) is 9.59 Å². The molecule has 1 unspecified atom stereocenters. The highest BCUT2D eigenvalue weighted by Gasteiger charge is 2.41. The summed E-state index contributed by atoms with van der Waals surface area (Å²) in [4.78, 5) is 49.9. The van der Waals surface area contributed by atoms with E-state index >= 15 is 0 Å². The number of esters is 1. The highest BCUT2D eigenvalue weighted by atomic mass is 16.6. The number of hydrogen-bond donors (Lipinski definition) is 0. The van der Waals surface area contributed by atoms with Crippen LogP contribution < -0.4 is 0 Å². The van der Waals surface area contributed by atoms with Crippen LogP contribution in [0.3, 0.4) is 0 Å². The van der Waals surface area contributed by atoms with E-state index in [0.717, 1.165) is 4.90 Å². The molecule has 3 rings (SSSR count). The number of imide groups is 1. The molecule has 0 aromatic heterocycles. The minimum absolute atomic E-state index is 0.214. The van der Waals surface area contributed by atoms with Crippen molar-refractivity contribution in [1.29, 1.82) is 0 Å². The number of carbonyl (C=O) groups excluding carboxylic acids is 4. The molecule has 0 spiro atoms. The average molecular weight is 332 g/mol. The molecule has 2 aliphatic rings. The molecule has 2 aliphatic heterocycles. The minimum atomic E-state index is -0.651. The predicted octanol–water partition coefficient (Wildman–Crippen LogP) is 0.666. The number of ether oxygens (including phenoxy) is 2. The molecule has 1 aromatic rings. The van der Waals surface area contributed by atoms with Crippen LogP contribution in [-0.4, -0.2) is 66.5 Å². The van der Waals surface area contributed by atoms with Crippen LogP contribution in [0.25, 0.3) is 0 Å². The van der Waals surface area contributed by atoms with Crippen molar-refractivity contribution in [3.8, 4) is 0 Å². The Balaban J connectivity index is 1.67. The lowest BCUT2D eigenvalue weighted by atomic mass is 10.1. The van der Waals surface area contributed by atoms with Crippen molar-refractivity contribution in [1.82, 2.24) is 9.80 Å². The topological polar surface area (TPSA) is 93.2 Å². The Hall–Kier alpha value is -2.90. The van der Waals surface area contributed by atoms with Crippen LogP contribution in [-0.2, 0) is 14.3 Å². The smallest absolute Gasteiger partial charge is 0.417 e. The fraction of sp³-hybridized carbons (Fsp3) is 0.375. The molecule has 1 aromatic carbocycles. The van der Waals surface area contributed by atoms with E-state index in [1.807, 2.05) is 0 Å². The number of likely N-dealkylation sites (tertiary alicyclic amines) is 1. The molecule has 0 bridgehead atoms. The van der Waals surface area contributed by atoms with Crippen molar-refractivity contribution >= 4 is 23.9 Å². The Morgan fingerprint density at radius 3 is 2.42 bits per heavy atom. The van der Waals surface area contributed by atoms with Crippen LogP contribution in [0, 0.1) is 0 Å². The molecule has 8 nitrogen and oxygen atoms in total. The highest BCUT2D eigenvalue weighted by Crippen LogP contribution is 2.21. The summed E-state index contributed by atoms with van der Waals surface area (Å²) in [6.45, 7) is 0.482. The van der Waals surface area contributed by atoms with Crippen molar-refractivity contribution in [2.45, 2.75) is 12.5 Å². The Morgan fingerprint density at radius 2 is 1.83 bits per heavy atom. The number of carbonyl (C=O) groups is 4. The molecule has 2 saturated heterocycles. The van der Waals surface area contributed by atoms with Gasteiger partial charge in [-0.25, -0.2) is 14.5 Å². The lowest BCUT2D eigenvalue weighted by molar-refractivity contribution is -0.127. The zero-order chi connectivity index (χ0) is 17.3. The fourth-order valence-electron chi connectivity index (χ4n) is 2.90. The number of nitrogens with zero attached hydrogens (tertiary/aromatic N) is 2. The Bertz CT molecular complexity index is 683. The van der Waals surface area contributed by atoms with Crippen LogP contribution in [0.2, 0.25) is 0 Å². The number of hydrogen-bond acceptors (Lipinski definition) is 6. The van der Waals surface area contributed by atoms with Crippen molar-refractivity contribution in [3.05, 3.63) is 35.4 Å². The summed E-state index contributed by atoms with van der Waals surface area (Å²) >= 11 is 0. The normalized spacial score (nSPS) is 20.3. The van der Waals surface area contributed by atoms with Crippen LogP contribution in [0.5, 0.6) is 0 Å². The van der Waals surface area contributed by atoms with Gasteiger partial charge in [-0.05, 0) is 30.7 Å². The zero-order valence-electron chi connectivity index (χ0n) is 13.1. The molecule has 0 saturated carbocycles. The first-order valence-electron chi connectivity index (χ1n) is 7.47. The maximum Gasteiger partial charge on any atom is 0.417 e. The summed E-state index contributed by atoms with van der Waals surface area (Å²) in [6.07, 6.45) is -0.131. The standard InChI is InChI=1S/C16H16N2O6/c1-23-15(21)11-4-2-10(3-5-11)14(20)17-7-6-12(8-17)18-13(19)9-24-16(18)22/h2-5,12H,6-9H2,1H3. The van der Waals surface area contributed by atoms with Gasteiger partial charge in [-0.2, -0.15) is 0 Å². The quantitative estimate of drug-likeness (QED) is 0.755. The molecule has 0 N–H and O–H groups in total.